The first-order valence-electron chi connectivity index (χ1n) is 18.4. The maximum atomic E-state index is 2.48. The summed E-state index contributed by atoms with van der Waals surface area (Å²) >= 11 is 0. The quantitative estimate of drug-likeness (QED) is 0.181. The Balaban J connectivity index is 1.14. The minimum atomic E-state index is -0.202. The molecule has 252 valence electrons. The third kappa shape index (κ3) is 4.36. The lowest BCUT2D eigenvalue weighted by Crippen LogP contribution is -2.30. The highest BCUT2D eigenvalue weighted by Gasteiger charge is 2.37. The van der Waals surface area contributed by atoms with Gasteiger partial charge in [-0.3, -0.25) is 0 Å². The summed E-state index contributed by atoms with van der Waals surface area (Å²) in [7, 11) is 0. The number of hydrogen-bond donors (Lipinski definition) is 0. The fourth-order valence-electron chi connectivity index (χ4n) is 8.88. The normalized spacial score (nSPS) is 13.6. The maximum Gasteiger partial charge on any atom is 0.0562 e. The smallest absolute Gasteiger partial charge is 0.0562 e. The van der Waals surface area contributed by atoms with E-state index in [4.69, 9.17) is 0 Å². The van der Waals surface area contributed by atoms with Crippen molar-refractivity contribution in [1.29, 1.82) is 0 Å². The maximum absolute atomic E-state index is 2.48. The van der Waals surface area contributed by atoms with Gasteiger partial charge in [0.05, 0.1) is 33.4 Å². The van der Waals surface area contributed by atoms with Crippen LogP contribution in [0.15, 0.2) is 182 Å². The van der Waals surface area contributed by atoms with Crippen LogP contribution < -0.4 is 4.90 Å². The van der Waals surface area contributed by atoms with Crippen molar-refractivity contribution >= 4 is 60.7 Å². The molecule has 11 rings (SSSR count). The van der Waals surface area contributed by atoms with E-state index in [1.807, 2.05) is 0 Å². The second-order valence-electron chi connectivity index (χ2n) is 14.7. The molecule has 0 atom stereocenters. The molecule has 0 unspecified atom stereocenters. The van der Waals surface area contributed by atoms with E-state index in [1.165, 1.54) is 71.8 Å². The average molecular weight is 681 g/mol. The van der Waals surface area contributed by atoms with E-state index in [0.29, 0.717) is 0 Å². The third-order valence-corrected chi connectivity index (χ3v) is 11.4. The van der Waals surface area contributed by atoms with Crippen molar-refractivity contribution < 1.29 is 0 Å². The van der Waals surface area contributed by atoms with Crippen LogP contribution >= 0.6 is 0 Å². The topological polar surface area (TPSA) is 18.0 Å². The lowest BCUT2D eigenvalue weighted by atomic mass is 9.73. The Kier molecular flexibility index (Phi) is 6.27. The van der Waals surface area contributed by atoms with E-state index in [1.54, 1.807) is 0 Å². The van der Waals surface area contributed by atoms with E-state index in [-0.39, 0.29) is 5.41 Å². The molecule has 0 radical (unpaired) electrons. The number of fused-ring (bicyclic) bond motifs is 7. The van der Waals surface area contributed by atoms with Gasteiger partial charge in [-0.25, -0.2) is 0 Å². The summed E-state index contributed by atoms with van der Waals surface area (Å²) in [6.45, 7) is 4.73. The summed E-state index contributed by atoms with van der Waals surface area (Å²) in [4.78, 5) is 2.48. The van der Waals surface area contributed by atoms with Crippen molar-refractivity contribution in [2.75, 3.05) is 4.90 Å². The van der Waals surface area contributed by atoms with Crippen LogP contribution in [0, 0.1) is 0 Å². The fraction of sp³-hybridized carbons (Fsp3) is 0.0612. The molecular weight excluding hydrogens is 645 g/mol. The van der Waals surface area contributed by atoms with Crippen LogP contribution in [-0.4, -0.2) is 13.7 Å². The molecule has 4 nitrogen and oxygen atoms in total. The van der Waals surface area contributed by atoms with Crippen molar-refractivity contribution in [2.45, 2.75) is 19.3 Å². The molecule has 1 aliphatic rings. The number of hydrogen-bond acceptors (Lipinski definition) is 1. The molecule has 0 saturated carbocycles. The molecule has 4 heterocycles. The van der Waals surface area contributed by atoms with Gasteiger partial charge < -0.3 is 18.6 Å². The van der Waals surface area contributed by atoms with Crippen molar-refractivity contribution in [1.82, 2.24) is 13.7 Å². The largest absolute Gasteiger partial charge is 0.317 e. The highest BCUT2D eigenvalue weighted by atomic mass is 15.2. The lowest BCUT2D eigenvalue weighted by Gasteiger charge is -2.42. The van der Waals surface area contributed by atoms with Crippen LogP contribution in [0.3, 0.4) is 0 Å². The van der Waals surface area contributed by atoms with Crippen LogP contribution in [0.4, 0.5) is 17.1 Å². The zero-order valence-corrected chi connectivity index (χ0v) is 29.6. The van der Waals surface area contributed by atoms with E-state index in [0.717, 1.165) is 17.1 Å². The zero-order valence-electron chi connectivity index (χ0n) is 29.6. The van der Waals surface area contributed by atoms with Crippen molar-refractivity contribution in [3.05, 3.63) is 193 Å². The van der Waals surface area contributed by atoms with Crippen molar-refractivity contribution in [2.24, 2.45) is 0 Å². The number of nitrogens with zero attached hydrogens (tertiary/aromatic N) is 4. The molecular formula is C49H36N4. The minimum Gasteiger partial charge on any atom is -0.317 e. The first-order chi connectivity index (χ1) is 26.0. The Bertz CT molecular complexity index is 3030. The molecule has 3 aromatic heterocycles. The predicted molar refractivity (Wildman–Crippen MR) is 221 cm³/mol. The summed E-state index contributed by atoms with van der Waals surface area (Å²) in [5.74, 6) is 0. The monoisotopic (exact) mass is 680 g/mol. The highest BCUT2D eigenvalue weighted by molar-refractivity contribution is 6.13. The van der Waals surface area contributed by atoms with Crippen LogP contribution in [0.1, 0.15) is 25.0 Å². The molecule has 0 bridgehead atoms. The first-order valence-corrected chi connectivity index (χ1v) is 18.4. The Morgan fingerprint density at radius 2 is 0.981 bits per heavy atom. The fourth-order valence-corrected chi connectivity index (χ4v) is 8.88. The minimum absolute atomic E-state index is 0.202. The second kappa shape index (κ2) is 11.1. The van der Waals surface area contributed by atoms with Gasteiger partial charge in [0.2, 0.25) is 0 Å². The Morgan fingerprint density at radius 1 is 0.377 bits per heavy atom. The summed E-state index contributed by atoms with van der Waals surface area (Å²) in [5.41, 5.74) is 14.2. The van der Waals surface area contributed by atoms with Gasteiger partial charge in [0.15, 0.2) is 0 Å². The summed E-state index contributed by atoms with van der Waals surface area (Å²) in [6.07, 6.45) is 4.38. The number of rotatable bonds is 4. The van der Waals surface area contributed by atoms with E-state index in [9.17, 15) is 0 Å². The molecule has 0 aliphatic carbocycles. The molecule has 53 heavy (non-hydrogen) atoms. The molecule has 10 aromatic rings. The summed E-state index contributed by atoms with van der Waals surface area (Å²) in [6, 6.07) is 62.1. The van der Waals surface area contributed by atoms with Gasteiger partial charge in [0.25, 0.3) is 0 Å². The molecule has 7 aromatic carbocycles. The Morgan fingerprint density at radius 3 is 1.74 bits per heavy atom. The molecule has 4 heteroatoms. The number of benzene rings is 7. The van der Waals surface area contributed by atoms with Crippen LogP contribution in [-0.2, 0) is 5.41 Å². The molecule has 0 N–H and O–H groups in total. The lowest BCUT2D eigenvalue weighted by molar-refractivity contribution is 0.632. The number of para-hydroxylation sites is 4. The van der Waals surface area contributed by atoms with Crippen LogP contribution in [0.25, 0.3) is 60.7 Å². The zero-order chi connectivity index (χ0) is 35.3. The van der Waals surface area contributed by atoms with Gasteiger partial charge in [0.1, 0.15) is 0 Å². The summed E-state index contributed by atoms with van der Waals surface area (Å²) in [5, 5.41) is 4.96. The number of aromatic nitrogens is 3. The van der Waals surface area contributed by atoms with Crippen molar-refractivity contribution in [3.63, 3.8) is 0 Å². The molecule has 0 amide bonds. The van der Waals surface area contributed by atoms with Crippen molar-refractivity contribution in [3.8, 4) is 17.1 Å². The van der Waals surface area contributed by atoms with Gasteiger partial charge in [-0.15, -0.1) is 0 Å². The van der Waals surface area contributed by atoms with E-state index < -0.39 is 0 Å². The molecule has 0 fully saturated rings. The highest BCUT2D eigenvalue weighted by Crippen LogP contribution is 2.53. The summed E-state index contributed by atoms with van der Waals surface area (Å²) < 4.78 is 7.05. The van der Waals surface area contributed by atoms with Crippen LogP contribution in [0.5, 0.6) is 0 Å². The third-order valence-electron chi connectivity index (χ3n) is 11.4. The Hall–Kier alpha value is -6.78. The first kappa shape index (κ1) is 29.9. The predicted octanol–water partition coefficient (Wildman–Crippen LogP) is 12.8. The molecule has 0 saturated heterocycles. The van der Waals surface area contributed by atoms with Gasteiger partial charge in [-0.2, -0.15) is 0 Å². The standard InChI is InChI=1S/C49H36N4/c1-49(2)41-21-10-12-23-44(41)53(48-29-34-25-27-50(45(34)31-42(48)49)35-14-5-3-6-15-35)38-19-13-18-37(30-38)52-43-22-11-9-20-39(43)40-28-33-24-26-51(46(33)32-47(40)52)36-16-7-4-8-17-36/h3-32H,1-2H3. The van der Waals surface area contributed by atoms with E-state index in [2.05, 4.69) is 215 Å². The Labute approximate surface area is 308 Å². The van der Waals surface area contributed by atoms with Gasteiger partial charge in [-0.05, 0) is 102 Å². The van der Waals surface area contributed by atoms with Gasteiger partial charge >= 0.3 is 0 Å². The molecule has 1 aliphatic heterocycles. The number of anilines is 3. The van der Waals surface area contributed by atoms with Crippen LogP contribution in [0.2, 0.25) is 0 Å². The molecule has 0 spiro atoms. The SMILES string of the molecule is CC1(C)c2ccccc2N(c2cccc(-n3c4ccccc4c4cc5ccn(-c6ccccc6)c5cc43)c2)c2cc3ccn(-c4ccccc4)c3cc21. The average Bonchev–Trinajstić information content (AvgIpc) is 3.91. The van der Waals surface area contributed by atoms with E-state index >= 15 is 0 Å². The van der Waals surface area contributed by atoms with Gasteiger partial charge in [0, 0.05) is 62.1 Å². The van der Waals surface area contributed by atoms with Gasteiger partial charge in [-0.1, -0.05) is 92.7 Å². The second-order valence-corrected chi connectivity index (χ2v) is 14.7.